The quantitative estimate of drug-likeness (QED) is 0.930. The van der Waals surface area contributed by atoms with Gasteiger partial charge in [0.25, 0.3) is 0 Å². The maximum absolute atomic E-state index is 12.3. The smallest absolute Gasteiger partial charge is 0.239 e. The molecule has 4 nitrogen and oxygen atoms in total. The van der Waals surface area contributed by atoms with Gasteiger partial charge in [-0.2, -0.15) is 5.26 Å². The number of hydrogen-bond acceptors (Lipinski definition) is 4. The molecule has 0 unspecified atom stereocenters. The molecule has 5 heteroatoms. The fourth-order valence-electron chi connectivity index (χ4n) is 3.45. The van der Waals surface area contributed by atoms with E-state index in [0.717, 1.165) is 37.4 Å². The third-order valence-electron chi connectivity index (χ3n) is 4.60. The number of rotatable bonds is 3. The van der Waals surface area contributed by atoms with Crippen LogP contribution < -0.4 is 5.32 Å². The van der Waals surface area contributed by atoms with Crippen molar-refractivity contribution in [2.24, 2.45) is 0 Å². The van der Waals surface area contributed by atoms with Crippen LogP contribution in [0.4, 0.5) is 5.00 Å². The summed E-state index contributed by atoms with van der Waals surface area (Å²) in [5, 5.41) is 13.1. The SMILES string of the molecule is N#Cc1c(NC(=O)CN2CCCCCCC2)sc2c1CCC2. The van der Waals surface area contributed by atoms with Crippen molar-refractivity contribution in [1.29, 1.82) is 5.26 Å². The van der Waals surface area contributed by atoms with Crippen LogP contribution in [0.15, 0.2) is 0 Å². The van der Waals surface area contributed by atoms with Crippen LogP contribution in [0.5, 0.6) is 0 Å². The van der Waals surface area contributed by atoms with Crippen molar-refractivity contribution >= 4 is 22.2 Å². The van der Waals surface area contributed by atoms with Crippen LogP contribution >= 0.6 is 11.3 Å². The van der Waals surface area contributed by atoms with Gasteiger partial charge in [-0.3, -0.25) is 9.69 Å². The monoisotopic (exact) mass is 317 g/mol. The summed E-state index contributed by atoms with van der Waals surface area (Å²) in [6.07, 6.45) is 9.41. The first kappa shape index (κ1) is 15.5. The van der Waals surface area contributed by atoms with Crippen molar-refractivity contribution in [3.63, 3.8) is 0 Å². The number of thiophene rings is 1. The Balaban J connectivity index is 1.61. The Labute approximate surface area is 136 Å². The zero-order valence-corrected chi connectivity index (χ0v) is 13.8. The number of nitrogens with zero attached hydrogens (tertiary/aromatic N) is 2. The average molecular weight is 317 g/mol. The van der Waals surface area contributed by atoms with E-state index in [4.69, 9.17) is 0 Å². The first-order valence-electron chi connectivity index (χ1n) is 8.35. The molecule has 1 aliphatic carbocycles. The van der Waals surface area contributed by atoms with Gasteiger partial charge in [-0.15, -0.1) is 11.3 Å². The number of anilines is 1. The van der Waals surface area contributed by atoms with Crippen LogP contribution in [0.25, 0.3) is 0 Å². The highest BCUT2D eigenvalue weighted by Crippen LogP contribution is 2.38. The first-order chi connectivity index (χ1) is 10.8. The molecule has 0 spiro atoms. The molecule has 22 heavy (non-hydrogen) atoms. The van der Waals surface area contributed by atoms with Gasteiger partial charge < -0.3 is 5.32 Å². The topological polar surface area (TPSA) is 56.1 Å². The number of fused-ring (bicyclic) bond motifs is 1. The van der Waals surface area contributed by atoms with E-state index in [9.17, 15) is 10.1 Å². The second-order valence-corrected chi connectivity index (χ2v) is 7.37. The lowest BCUT2D eigenvalue weighted by molar-refractivity contribution is -0.117. The normalized spacial score (nSPS) is 19.0. The van der Waals surface area contributed by atoms with Crippen molar-refractivity contribution in [3.8, 4) is 6.07 Å². The molecular formula is C17H23N3OS. The lowest BCUT2D eigenvalue weighted by Crippen LogP contribution is -2.35. The molecule has 1 fully saturated rings. The molecule has 1 N–H and O–H groups in total. The molecule has 0 bridgehead atoms. The lowest BCUT2D eigenvalue weighted by Gasteiger charge is -2.23. The molecule has 1 aromatic rings. The molecule has 0 radical (unpaired) electrons. The van der Waals surface area contributed by atoms with E-state index in [-0.39, 0.29) is 5.91 Å². The summed E-state index contributed by atoms with van der Waals surface area (Å²) >= 11 is 1.60. The summed E-state index contributed by atoms with van der Waals surface area (Å²) in [4.78, 5) is 15.9. The third kappa shape index (κ3) is 3.50. The minimum absolute atomic E-state index is 0.0250. The third-order valence-corrected chi connectivity index (χ3v) is 5.81. The maximum Gasteiger partial charge on any atom is 0.239 e. The minimum Gasteiger partial charge on any atom is -0.315 e. The number of likely N-dealkylation sites (tertiary alicyclic amines) is 1. The molecule has 3 rings (SSSR count). The Morgan fingerprint density at radius 3 is 2.59 bits per heavy atom. The number of nitriles is 1. The molecule has 1 aromatic heterocycles. The van der Waals surface area contributed by atoms with E-state index >= 15 is 0 Å². The number of carbonyl (C=O) groups is 1. The predicted molar refractivity (Wildman–Crippen MR) is 89.2 cm³/mol. The Bertz CT molecular complexity index is 579. The summed E-state index contributed by atoms with van der Waals surface area (Å²) in [5.74, 6) is 0.0250. The van der Waals surface area contributed by atoms with E-state index in [2.05, 4.69) is 16.3 Å². The van der Waals surface area contributed by atoms with E-state index in [1.807, 2.05) is 0 Å². The number of hydrogen-bond donors (Lipinski definition) is 1. The largest absolute Gasteiger partial charge is 0.315 e. The van der Waals surface area contributed by atoms with Crippen LogP contribution in [0, 0.1) is 11.3 Å². The lowest BCUT2D eigenvalue weighted by atomic mass is 10.1. The molecule has 1 amide bonds. The zero-order valence-electron chi connectivity index (χ0n) is 13.0. The molecule has 2 heterocycles. The first-order valence-corrected chi connectivity index (χ1v) is 9.16. The van der Waals surface area contributed by atoms with Crippen LogP contribution in [0.2, 0.25) is 0 Å². The fourth-order valence-corrected chi connectivity index (χ4v) is 4.71. The highest BCUT2D eigenvalue weighted by Gasteiger charge is 2.23. The van der Waals surface area contributed by atoms with Crippen LogP contribution in [-0.4, -0.2) is 30.4 Å². The highest BCUT2D eigenvalue weighted by atomic mass is 32.1. The van der Waals surface area contributed by atoms with Crippen LogP contribution in [-0.2, 0) is 17.6 Å². The van der Waals surface area contributed by atoms with E-state index in [1.165, 1.54) is 42.5 Å². The fraction of sp³-hybridized carbons (Fsp3) is 0.647. The minimum atomic E-state index is 0.0250. The molecule has 118 valence electrons. The predicted octanol–water partition coefficient (Wildman–Crippen LogP) is 3.31. The second kappa shape index (κ2) is 7.26. The van der Waals surface area contributed by atoms with Gasteiger partial charge in [-0.25, -0.2) is 0 Å². The Morgan fingerprint density at radius 2 is 1.86 bits per heavy atom. The molecular weight excluding hydrogens is 294 g/mol. The number of carbonyl (C=O) groups excluding carboxylic acids is 1. The summed E-state index contributed by atoms with van der Waals surface area (Å²) < 4.78 is 0. The Kier molecular flexibility index (Phi) is 5.12. The standard InChI is InChI=1S/C17H23N3OS/c18-11-14-13-7-6-8-15(13)22-17(14)19-16(21)12-20-9-4-2-1-3-5-10-20/h1-10,12H2,(H,19,21). The van der Waals surface area contributed by atoms with Gasteiger partial charge in [0, 0.05) is 4.88 Å². The summed E-state index contributed by atoms with van der Waals surface area (Å²) in [6.45, 7) is 2.48. The van der Waals surface area contributed by atoms with Crippen molar-refractivity contribution in [2.45, 2.75) is 51.4 Å². The summed E-state index contributed by atoms with van der Waals surface area (Å²) in [5.41, 5.74) is 1.88. The van der Waals surface area contributed by atoms with E-state index in [1.54, 1.807) is 11.3 Å². The number of aryl methyl sites for hydroxylation is 1. The highest BCUT2D eigenvalue weighted by molar-refractivity contribution is 7.16. The Hall–Kier alpha value is -1.38. The van der Waals surface area contributed by atoms with Gasteiger partial charge in [0.05, 0.1) is 12.1 Å². The van der Waals surface area contributed by atoms with Crippen molar-refractivity contribution < 1.29 is 4.79 Å². The van der Waals surface area contributed by atoms with Crippen molar-refractivity contribution in [1.82, 2.24) is 4.90 Å². The molecule has 1 saturated heterocycles. The number of nitrogens with one attached hydrogen (secondary N) is 1. The van der Waals surface area contributed by atoms with Gasteiger partial charge in [-0.1, -0.05) is 19.3 Å². The van der Waals surface area contributed by atoms with Gasteiger partial charge in [0.2, 0.25) is 5.91 Å². The summed E-state index contributed by atoms with van der Waals surface area (Å²) in [7, 11) is 0. The van der Waals surface area contributed by atoms with Gasteiger partial charge in [0.15, 0.2) is 0 Å². The molecule has 0 atom stereocenters. The van der Waals surface area contributed by atoms with Crippen LogP contribution in [0.3, 0.4) is 0 Å². The number of amides is 1. The zero-order chi connectivity index (χ0) is 15.4. The van der Waals surface area contributed by atoms with Crippen molar-refractivity contribution in [3.05, 3.63) is 16.0 Å². The van der Waals surface area contributed by atoms with Crippen LogP contribution in [0.1, 0.15) is 54.5 Å². The van der Waals surface area contributed by atoms with Gasteiger partial charge in [0.1, 0.15) is 11.1 Å². The molecule has 0 aromatic carbocycles. The Morgan fingerprint density at radius 1 is 1.14 bits per heavy atom. The molecule has 0 saturated carbocycles. The van der Waals surface area contributed by atoms with Gasteiger partial charge in [-0.05, 0) is 50.8 Å². The summed E-state index contributed by atoms with van der Waals surface area (Å²) in [6, 6.07) is 2.29. The van der Waals surface area contributed by atoms with E-state index in [0.29, 0.717) is 12.1 Å². The maximum atomic E-state index is 12.3. The van der Waals surface area contributed by atoms with Gasteiger partial charge >= 0.3 is 0 Å². The molecule has 2 aliphatic rings. The molecule has 1 aliphatic heterocycles. The van der Waals surface area contributed by atoms with E-state index < -0.39 is 0 Å². The second-order valence-electron chi connectivity index (χ2n) is 6.27. The van der Waals surface area contributed by atoms with Crippen molar-refractivity contribution in [2.75, 3.05) is 25.0 Å². The average Bonchev–Trinajstić information content (AvgIpc) is 3.02.